The second-order valence-electron chi connectivity index (χ2n) is 3.93. The molecule has 0 unspecified atom stereocenters. The van der Waals surface area contributed by atoms with Gasteiger partial charge in [0.15, 0.2) is 0 Å². The lowest BCUT2D eigenvalue weighted by Crippen LogP contribution is -2.01. The first-order valence-electron chi connectivity index (χ1n) is 5.72. The summed E-state index contributed by atoms with van der Waals surface area (Å²) in [7, 11) is 0. The van der Waals surface area contributed by atoms with Crippen LogP contribution in [0.1, 0.15) is 18.2 Å². The molecule has 0 radical (unpaired) electrons. The van der Waals surface area contributed by atoms with Crippen molar-refractivity contribution in [3.05, 3.63) is 47.5 Å². The zero-order valence-corrected chi connectivity index (χ0v) is 10.1. The zero-order valence-electron chi connectivity index (χ0n) is 10.1. The topological polar surface area (TPSA) is 29.9 Å². The Labute approximate surface area is 100 Å². The Morgan fingerprint density at radius 1 is 1.35 bits per heavy atom. The van der Waals surface area contributed by atoms with Crippen LogP contribution in [0.15, 0.2) is 30.5 Å². The van der Waals surface area contributed by atoms with Gasteiger partial charge >= 0.3 is 0 Å². The van der Waals surface area contributed by atoms with E-state index in [0.29, 0.717) is 12.1 Å². The molecule has 2 rings (SSSR count). The van der Waals surface area contributed by atoms with Crippen LogP contribution >= 0.6 is 0 Å². The number of hydrogen-bond acceptors (Lipinski definition) is 2. The van der Waals surface area contributed by atoms with Crippen LogP contribution < -0.4 is 5.32 Å². The van der Waals surface area contributed by atoms with Gasteiger partial charge in [-0.3, -0.25) is 4.68 Å². The number of halogens is 1. The predicted molar refractivity (Wildman–Crippen MR) is 66.4 cm³/mol. The minimum absolute atomic E-state index is 0.180. The van der Waals surface area contributed by atoms with E-state index in [2.05, 4.69) is 10.4 Å². The van der Waals surface area contributed by atoms with E-state index in [9.17, 15) is 4.39 Å². The van der Waals surface area contributed by atoms with Gasteiger partial charge in [-0.05, 0) is 19.9 Å². The Hall–Kier alpha value is -1.84. The number of aromatic nitrogens is 2. The fourth-order valence-electron chi connectivity index (χ4n) is 1.69. The van der Waals surface area contributed by atoms with Crippen molar-refractivity contribution in [2.45, 2.75) is 26.9 Å². The van der Waals surface area contributed by atoms with Gasteiger partial charge in [-0.15, -0.1) is 0 Å². The highest BCUT2D eigenvalue weighted by Gasteiger charge is 2.05. The summed E-state index contributed by atoms with van der Waals surface area (Å²) in [6, 6.07) is 6.78. The standard InChI is InChI=1S/C13H16FN3/c1-3-17-9-13(10(2)16-17)15-8-11-6-4-5-7-12(11)14/h4-7,9,15H,3,8H2,1-2H3. The van der Waals surface area contributed by atoms with E-state index < -0.39 is 0 Å². The molecule has 0 aliphatic carbocycles. The van der Waals surface area contributed by atoms with Crippen LogP contribution in [0.5, 0.6) is 0 Å². The molecule has 1 aromatic carbocycles. The molecule has 0 bridgehead atoms. The van der Waals surface area contributed by atoms with Gasteiger partial charge < -0.3 is 5.32 Å². The quantitative estimate of drug-likeness (QED) is 0.879. The largest absolute Gasteiger partial charge is 0.378 e. The van der Waals surface area contributed by atoms with Crippen LogP contribution in [-0.2, 0) is 13.1 Å². The summed E-state index contributed by atoms with van der Waals surface area (Å²) >= 11 is 0. The smallest absolute Gasteiger partial charge is 0.128 e. The average Bonchev–Trinajstić information content (AvgIpc) is 2.69. The van der Waals surface area contributed by atoms with Gasteiger partial charge in [0.2, 0.25) is 0 Å². The molecule has 0 amide bonds. The van der Waals surface area contributed by atoms with Gasteiger partial charge in [0.25, 0.3) is 0 Å². The number of hydrogen-bond donors (Lipinski definition) is 1. The summed E-state index contributed by atoms with van der Waals surface area (Å²) < 4.78 is 15.3. The maximum absolute atomic E-state index is 13.4. The van der Waals surface area contributed by atoms with Crippen LogP contribution in [-0.4, -0.2) is 9.78 Å². The van der Waals surface area contributed by atoms with Crippen molar-refractivity contribution in [1.82, 2.24) is 9.78 Å². The highest BCUT2D eigenvalue weighted by molar-refractivity contribution is 5.46. The number of anilines is 1. The van der Waals surface area contributed by atoms with Crippen LogP contribution in [0.3, 0.4) is 0 Å². The van der Waals surface area contributed by atoms with Crippen molar-refractivity contribution in [2.24, 2.45) is 0 Å². The van der Waals surface area contributed by atoms with E-state index in [4.69, 9.17) is 0 Å². The first-order chi connectivity index (χ1) is 8.20. The zero-order chi connectivity index (χ0) is 12.3. The molecular formula is C13H16FN3. The molecule has 2 aromatic rings. The summed E-state index contributed by atoms with van der Waals surface area (Å²) in [5.41, 5.74) is 2.55. The molecule has 0 spiro atoms. The third kappa shape index (κ3) is 2.64. The van der Waals surface area contributed by atoms with E-state index in [1.807, 2.05) is 30.8 Å². The Bertz CT molecular complexity index is 505. The summed E-state index contributed by atoms with van der Waals surface area (Å²) in [5.74, 6) is -0.180. The van der Waals surface area contributed by atoms with Crippen molar-refractivity contribution >= 4 is 5.69 Å². The summed E-state index contributed by atoms with van der Waals surface area (Å²) in [6.07, 6.45) is 1.94. The number of benzene rings is 1. The van der Waals surface area contributed by atoms with Crippen LogP contribution in [0.2, 0.25) is 0 Å². The Morgan fingerprint density at radius 3 is 2.76 bits per heavy atom. The fourth-order valence-corrected chi connectivity index (χ4v) is 1.69. The van der Waals surface area contributed by atoms with Crippen LogP contribution in [0.25, 0.3) is 0 Å². The van der Waals surface area contributed by atoms with Gasteiger partial charge in [0.1, 0.15) is 5.82 Å². The molecule has 0 atom stereocenters. The van der Waals surface area contributed by atoms with E-state index in [-0.39, 0.29) is 5.82 Å². The summed E-state index contributed by atoms with van der Waals surface area (Å²) in [4.78, 5) is 0. The third-order valence-electron chi connectivity index (χ3n) is 2.70. The van der Waals surface area contributed by atoms with Crippen molar-refractivity contribution in [3.8, 4) is 0 Å². The van der Waals surface area contributed by atoms with Crippen LogP contribution in [0.4, 0.5) is 10.1 Å². The molecule has 1 heterocycles. The van der Waals surface area contributed by atoms with Gasteiger partial charge in [-0.1, -0.05) is 18.2 Å². The second-order valence-corrected chi connectivity index (χ2v) is 3.93. The molecule has 4 heteroatoms. The number of aryl methyl sites for hydroxylation is 2. The lowest BCUT2D eigenvalue weighted by atomic mass is 10.2. The van der Waals surface area contributed by atoms with Gasteiger partial charge in [0, 0.05) is 24.8 Å². The van der Waals surface area contributed by atoms with Gasteiger partial charge in [0.05, 0.1) is 11.4 Å². The van der Waals surface area contributed by atoms with E-state index in [0.717, 1.165) is 17.9 Å². The minimum Gasteiger partial charge on any atom is -0.378 e. The average molecular weight is 233 g/mol. The van der Waals surface area contributed by atoms with E-state index >= 15 is 0 Å². The SMILES string of the molecule is CCn1cc(NCc2ccccc2F)c(C)n1. The number of nitrogens with zero attached hydrogens (tertiary/aromatic N) is 2. The molecule has 1 N–H and O–H groups in total. The van der Waals surface area contributed by atoms with Gasteiger partial charge in [-0.2, -0.15) is 5.10 Å². The van der Waals surface area contributed by atoms with Crippen molar-refractivity contribution in [2.75, 3.05) is 5.32 Å². The monoisotopic (exact) mass is 233 g/mol. The highest BCUT2D eigenvalue weighted by atomic mass is 19.1. The molecular weight excluding hydrogens is 217 g/mol. The van der Waals surface area contributed by atoms with Crippen molar-refractivity contribution in [3.63, 3.8) is 0 Å². The van der Waals surface area contributed by atoms with Crippen molar-refractivity contribution in [1.29, 1.82) is 0 Å². The van der Waals surface area contributed by atoms with Crippen LogP contribution in [0, 0.1) is 12.7 Å². The molecule has 0 saturated heterocycles. The van der Waals surface area contributed by atoms with Gasteiger partial charge in [-0.25, -0.2) is 4.39 Å². The molecule has 0 saturated carbocycles. The number of rotatable bonds is 4. The number of nitrogens with one attached hydrogen (secondary N) is 1. The Morgan fingerprint density at radius 2 is 2.12 bits per heavy atom. The molecule has 0 aliphatic heterocycles. The summed E-state index contributed by atoms with van der Waals surface area (Å²) in [6.45, 7) is 5.29. The normalized spacial score (nSPS) is 10.5. The second kappa shape index (κ2) is 4.99. The lowest BCUT2D eigenvalue weighted by Gasteiger charge is -2.05. The summed E-state index contributed by atoms with van der Waals surface area (Å²) in [5, 5.41) is 7.53. The first kappa shape index (κ1) is 11.6. The Kier molecular flexibility index (Phi) is 3.42. The maximum Gasteiger partial charge on any atom is 0.128 e. The maximum atomic E-state index is 13.4. The molecule has 3 nitrogen and oxygen atoms in total. The third-order valence-corrected chi connectivity index (χ3v) is 2.70. The predicted octanol–water partition coefficient (Wildman–Crippen LogP) is 2.96. The molecule has 1 aromatic heterocycles. The minimum atomic E-state index is -0.180. The van der Waals surface area contributed by atoms with E-state index in [1.165, 1.54) is 6.07 Å². The Balaban J connectivity index is 2.07. The first-order valence-corrected chi connectivity index (χ1v) is 5.72. The molecule has 17 heavy (non-hydrogen) atoms. The van der Waals surface area contributed by atoms with Crippen molar-refractivity contribution < 1.29 is 4.39 Å². The lowest BCUT2D eigenvalue weighted by molar-refractivity contribution is 0.613. The molecule has 0 aliphatic rings. The molecule has 0 fully saturated rings. The van der Waals surface area contributed by atoms with E-state index in [1.54, 1.807) is 12.1 Å². The fraction of sp³-hybridized carbons (Fsp3) is 0.308. The molecule has 90 valence electrons. The highest BCUT2D eigenvalue weighted by Crippen LogP contribution is 2.15.